The molecule has 2 aliphatic heterocycles. The van der Waals surface area contributed by atoms with Crippen LogP contribution < -0.4 is 15.4 Å². The first-order chi connectivity index (χ1) is 13.9. The van der Waals surface area contributed by atoms with Crippen LogP contribution in [0.3, 0.4) is 0 Å². The standard InChI is InChI=1S/C20H27N3O6/c1-3-8-21-20(27)22-12-4-7-16-14(9-12)19(26)23(2)15-6-5-13(10-18(24)25)29-17(15)11-28-16/h4,7,9,13,15,17H,3,5-6,8,10-11H2,1-2H3,(H,24,25)(H2,21,22,27)/t13-,15-,17+/m1/s1. The highest BCUT2D eigenvalue weighted by atomic mass is 16.5. The molecule has 2 heterocycles. The van der Waals surface area contributed by atoms with Crippen LogP contribution in [-0.4, -0.2) is 66.4 Å². The monoisotopic (exact) mass is 405 g/mol. The summed E-state index contributed by atoms with van der Waals surface area (Å²) in [5.41, 5.74) is 0.869. The molecule has 0 spiro atoms. The number of hydrogen-bond donors (Lipinski definition) is 3. The predicted octanol–water partition coefficient (Wildman–Crippen LogP) is 2.07. The van der Waals surface area contributed by atoms with E-state index in [9.17, 15) is 14.4 Å². The molecule has 9 nitrogen and oxygen atoms in total. The summed E-state index contributed by atoms with van der Waals surface area (Å²) in [6.45, 7) is 2.74. The highest BCUT2D eigenvalue weighted by Crippen LogP contribution is 2.32. The maximum atomic E-state index is 13.1. The zero-order chi connectivity index (χ0) is 21.0. The first kappa shape index (κ1) is 20.9. The Morgan fingerprint density at radius 1 is 1.31 bits per heavy atom. The maximum Gasteiger partial charge on any atom is 0.319 e. The van der Waals surface area contributed by atoms with Crippen molar-refractivity contribution < 1.29 is 29.0 Å². The van der Waals surface area contributed by atoms with Gasteiger partial charge in [-0.15, -0.1) is 0 Å². The van der Waals surface area contributed by atoms with Crippen LogP contribution >= 0.6 is 0 Å². The first-order valence-corrected chi connectivity index (χ1v) is 9.85. The molecule has 29 heavy (non-hydrogen) atoms. The molecule has 3 rings (SSSR count). The third-order valence-electron chi connectivity index (χ3n) is 5.21. The molecule has 0 aromatic heterocycles. The number of carboxylic acid groups (broad SMARTS) is 1. The fourth-order valence-corrected chi connectivity index (χ4v) is 3.71. The Labute approximate surface area is 169 Å². The second-order valence-electron chi connectivity index (χ2n) is 7.36. The Morgan fingerprint density at radius 3 is 2.83 bits per heavy atom. The predicted molar refractivity (Wildman–Crippen MR) is 105 cm³/mol. The molecule has 0 saturated carbocycles. The zero-order valence-electron chi connectivity index (χ0n) is 16.6. The van der Waals surface area contributed by atoms with Crippen LogP contribution in [0.25, 0.3) is 0 Å². The van der Waals surface area contributed by atoms with Gasteiger partial charge in [0.2, 0.25) is 0 Å². The summed E-state index contributed by atoms with van der Waals surface area (Å²) < 4.78 is 11.8. The lowest BCUT2D eigenvalue weighted by Crippen LogP contribution is -2.53. The van der Waals surface area contributed by atoms with Gasteiger partial charge in [0.1, 0.15) is 18.5 Å². The normalized spacial score (nSPS) is 23.7. The Bertz CT molecular complexity index is 783. The van der Waals surface area contributed by atoms with Crippen molar-refractivity contribution in [1.82, 2.24) is 10.2 Å². The summed E-state index contributed by atoms with van der Waals surface area (Å²) in [5, 5.41) is 14.5. The highest BCUT2D eigenvalue weighted by Gasteiger charge is 2.39. The Morgan fingerprint density at radius 2 is 2.10 bits per heavy atom. The molecule has 0 aliphatic carbocycles. The number of aliphatic carboxylic acids is 1. The molecule has 1 aromatic carbocycles. The number of carbonyl (C=O) groups is 3. The van der Waals surface area contributed by atoms with Crippen molar-refractivity contribution in [2.75, 3.05) is 25.5 Å². The third kappa shape index (κ3) is 4.97. The minimum absolute atomic E-state index is 0.0629. The highest BCUT2D eigenvalue weighted by molar-refractivity contribution is 5.99. The van der Waals surface area contributed by atoms with Crippen LogP contribution in [0.15, 0.2) is 18.2 Å². The first-order valence-electron chi connectivity index (χ1n) is 9.85. The van der Waals surface area contributed by atoms with E-state index < -0.39 is 12.1 Å². The lowest BCUT2D eigenvalue weighted by Gasteiger charge is -2.42. The fraction of sp³-hybridized carbons (Fsp3) is 0.550. The van der Waals surface area contributed by atoms with Gasteiger partial charge >= 0.3 is 12.0 Å². The summed E-state index contributed by atoms with van der Waals surface area (Å²) >= 11 is 0. The summed E-state index contributed by atoms with van der Waals surface area (Å²) in [7, 11) is 1.71. The Balaban J connectivity index is 1.77. The lowest BCUT2D eigenvalue weighted by molar-refractivity contribution is -0.148. The van der Waals surface area contributed by atoms with Gasteiger partial charge in [0, 0.05) is 19.3 Å². The third-order valence-corrected chi connectivity index (χ3v) is 5.21. The number of hydrogen-bond acceptors (Lipinski definition) is 5. The van der Waals surface area contributed by atoms with E-state index in [2.05, 4.69) is 10.6 Å². The van der Waals surface area contributed by atoms with Gasteiger partial charge in [-0.1, -0.05) is 6.92 Å². The number of nitrogens with zero attached hydrogens (tertiary/aromatic N) is 1. The van der Waals surface area contributed by atoms with E-state index >= 15 is 0 Å². The van der Waals surface area contributed by atoms with Gasteiger partial charge in [0.05, 0.1) is 24.1 Å². The zero-order valence-corrected chi connectivity index (χ0v) is 16.6. The van der Waals surface area contributed by atoms with E-state index in [1.807, 2.05) is 6.92 Å². The van der Waals surface area contributed by atoms with Gasteiger partial charge in [0.25, 0.3) is 5.91 Å². The molecule has 9 heteroatoms. The van der Waals surface area contributed by atoms with E-state index in [0.717, 1.165) is 6.42 Å². The molecule has 1 aromatic rings. The molecule has 1 fully saturated rings. The summed E-state index contributed by atoms with van der Waals surface area (Å²) in [4.78, 5) is 37.6. The largest absolute Gasteiger partial charge is 0.490 e. The fourth-order valence-electron chi connectivity index (χ4n) is 3.71. The molecule has 0 unspecified atom stereocenters. The average molecular weight is 405 g/mol. The van der Waals surface area contributed by atoms with Crippen LogP contribution in [0.4, 0.5) is 10.5 Å². The number of carbonyl (C=O) groups excluding carboxylic acids is 2. The van der Waals surface area contributed by atoms with E-state index in [0.29, 0.717) is 36.4 Å². The second kappa shape index (κ2) is 9.13. The Hall–Kier alpha value is -2.81. The van der Waals surface area contributed by atoms with Gasteiger partial charge in [-0.25, -0.2) is 4.79 Å². The van der Waals surface area contributed by atoms with Crippen LogP contribution in [0.2, 0.25) is 0 Å². The van der Waals surface area contributed by atoms with Gasteiger partial charge in [0.15, 0.2) is 0 Å². The van der Waals surface area contributed by atoms with Gasteiger partial charge in [-0.05, 0) is 37.5 Å². The lowest BCUT2D eigenvalue weighted by atomic mass is 9.94. The van der Waals surface area contributed by atoms with Crippen molar-refractivity contribution in [3.05, 3.63) is 23.8 Å². The molecule has 0 bridgehead atoms. The summed E-state index contributed by atoms with van der Waals surface area (Å²) in [6, 6.07) is 4.39. The number of urea groups is 1. The number of ether oxygens (including phenoxy) is 2. The molecular weight excluding hydrogens is 378 g/mol. The van der Waals surface area contributed by atoms with E-state index in [4.69, 9.17) is 14.6 Å². The van der Waals surface area contributed by atoms with Crippen LogP contribution in [-0.2, 0) is 9.53 Å². The average Bonchev–Trinajstić information content (AvgIpc) is 2.69. The van der Waals surface area contributed by atoms with Gasteiger partial charge in [-0.3, -0.25) is 9.59 Å². The number of nitrogens with one attached hydrogen (secondary N) is 2. The molecule has 3 atom stereocenters. The SMILES string of the molecule is CCCNC(=O)Nc1ccc2c(c1)C(=O)N(C)[C@@H]1CC[C@H](CC(=O)O)O[C@H]1CO2. The molecule has 3 N–H and O–H groups in total. The van der Waals surface area contributed by atoms with E-state index in [1.54, 1.807) is 30.1 Å². The topological polar surface area (TPSA) is 117 Å². The van der Waals surface area contributed by atoms with Crippen molar-refractivity contribution >= 4 is 23.6 Å². The molecule has 1 saturated heterocycles. The number of fused-ring (bicyclic) bond motifs is 2. The molecule has 0 radical (unpaired) electrons. The number of benzene rings is 1. The minimum Gasteiger partial charge on any atom is -0.490 e. The number of rotatable bonds is 5. The summed E-state index contributed by atoms with van der Waals surface area (Å²) in [5.74, 6) is -0.727. The second-order valence-corrected chi connectivity index (χ2v) is 7.36. The molecular formula is C20H27N3O6. The smallest absolute Gasteiger partial charge is 0.319 e. The van der Waals surface area contributed by atoms with Gasteiger partial charge in [-0.2, -0.15) is 0 Å². The number of amides is 3. The Kier molecular flexibility index (Phi) is 6.58. The van der Waals surface area contributed by atoms with Crippen molar-refractivity contribution in [3.8, 4) is 5.75 Å². The van der Waals surface area contributed by atoms with Crippen molar-refractivity contribution in [2.45, 2.75) is 50.9 Å². The summed E-state index contributed by atoms with van der Waals surface area (Å²) in [6.07, 6.45) is 1.19. The van der Waals surface area contributed by atoms with Crippen molar-refractivity contribution in [3.63, 3.8) is 0 Å². The molecule has 2 aliphatic rings. The van der Waals surface area contributed by atoms with Gasteiger partial charge < -0.3 is 30.1 Å². The van der Waals surface area contributed by atoms with E-state index in [-0.39, 0.29) is 37.1 Å². The van der Waals surface area contributed by atoms with Crippen LogP contribution in [0, 0.1) is 0 Å². The number of anilines is 1. The van der Waals surface area contributed by atoms with Crippen LogP contribution in [0.1, 0.15) is 43.0 Å². The number of carboxylic acids is 1. The quantitative estimate of drug-likeness (QED) is 0.690. The van der Waals surface area contributed by atoms with Crippen molar-refractivity contribution in [1.29, 1.82) is 0 Å². The molecule has 158 valence electrons. The van der Waals surface area contributed by atoms with Crippen molar-refractivity contribution in [2.24, 2.45) is 0 Å². The minimum atomic E-state index is -0.905. The maximum absolute atomic E-state index is 13.1. The molecule has 3 amide bonds. The number of likely N-dealkylation sites (N-methyl/N-ethyl adjacent to an activating group) is 1. The van der Waals surface area contributed by atoms with E-state index in [1.165, 1.54) is 0 Å². The van der Waals surface area contributed by atoms with Crippen LogP contribution in [0.5, 0.6) is 5.75 Å².